The van der Waals surface area contributed by atoms with E-state index in [1.54, 1.807) is 0 Å². The van der Waals surface area contributed by atoms with Crippen molar-refractivity contribution >= 4 is 11.3 Å². The average Bonchev–Trinajstić information content (AvgIpc) is 2.78. The molecule has 0 saturated heterocycles. The van der Waals surface area contributed by atoms with Crippen molar-refractivity contribution in [2.75, 3.05) is 7.05 Å². The molecule has 0 saturated carbocycles. The van der Waals surface area contributed by atoms with Crippen LogP contribution in [0.4, 0.5) is 0 Å². The van der Waals surface area contributed by atoms with E-state index in [1.165, 1.54) is 20.9 Å². The number of benzene rings is 1. The number of nitrogens with one attached hydrogen (secondary N) is 1. The average molecular weight is 231 g/mol. The van der Waals surface area contributed by atoms with Gasteiger partial charge in [0.15, 0.2) is 0 Å². The fraction of sp³-hybridized carbons (Fsp3) is 0.286. The lowest BCUT2D eigenvalue weighted by Crippen LogP contribution is -2.10. The molecule has 1 N–H and O–H groups in total. The zero-order valence-electron chi connectivity index (χ0n) is 9.95. The predicted molar refractivity (Wildman–Crippen MR) is 72.0 cm³/mol. The summed E-state index contributed by atoms with van der Waals surface area (Å²) >= 11 is 1.87. The Morgan fingerprint density at radius 3 is 2.56 bits per heavy atom. The third-order valence-corrected chi connectivity index (χ3v) is 4.20. The van der Waals surface area contributed by atoms with Crippen LogP contribution in [0.2, 0.25) is 0 Å². The number of rotatable bonds is 3. The second kappa shape index (κ2) is 4.81. The number of thiophene rings is 1. The second-order valence-corrected chi connectivity index (χ2v) is 5.14. The van der Waals surface area contributed by atoms with E-state index < -0.39 is 0 Å². The Hall–Kier alpha value is -1.12. The van der Waals surface area contributed by atoms with E-state index in [0.717, 1.165) is 0 Å². The Labute approximate surface area is 101 Å². The molecule has 0 aliphatic rings. The quantitative estimate of drug-likeness (QED) is 0.841. The largest absolute Gasteiger partial charge is 0.313 e. The molecule has 0 aliphatic carbocycles. The van der Waals surface area contributed by atoms with Gasteiger partial charge in [0, 0.05) is 15.8 Å². The fourth-order valence-electron chi connectivity index (χ4n) is 1.72. The first-order valence-corrected chi connectivity index (χ1v) is 6.37. The summed E-state index contributed by atoms with van der Waals surface area (Å²) in [6, 6.07) is 13.4. The van der Waals surface area contributed by atoms with Crippen LogP contribution in [0.3, 0.4) is 0 Å². The molecule has 0 aliphatic heterocycles. The SMILES string of the molecule is CNC(C)c1ccc(-c2ccccc2C)s1. The topological polar surface area (TPSA) is 12.0 Å². The van der Waals surface area contributed by atoms with Crippen LogP contribution < -0.4 is 5.32 Å². The number of hydrogen-bond acceptors (Lipinski definition) is 2. The number of aryl methyl sites for hydroxylation is 1. The Morgan fingerprint density at radius 2 is 1.88 bits per heavy atom. The monoisotopic (exact) mass is 231 g/mol. The maximum absolute atomic E-state index is 3.27. The fourth-order valence-corrected chi connectivity index (χ4v) is 2.88. The molecular formula is C14H17NS. The highest BCUT2D eigenvalue weighted by Crippen LogP contribution is 2.32. The maximum Gasteiger partial charge on any atom is 0.0383 e. The smallest absolute Gasteiger partial charge is 0.0383 e. The van der Waals surface area contributed by atoms with E-state index >= 15 is 0 Å². The van der Waals surface area contributed by atoms with Crippen LogP contribution in [0.25, 0.3) is 10.4 Å². The lowest BCUT2D eigenvalue weighted by molar-refractivity contribution is 0.664. The van der Waals surface area contributed by atoms with E-state index in [0.29, 0.717) is 6.04 Å². The van der Waals surface area contributed by atoms with E-state index in [-0.39, 0.29) is 0 Å². The summed E-state index contributed by atoms with van der Waals surface area (Å²) in [6.45, 7) is 4.35. The van der Waals surface area contributed by atoms with Crippen LogP contribution in [0, 0.1) is 6.92 Å². The first-order valence-electron chi connectivity index (χ1n) is 5.55. The highest BCUT2D eigenvalue weighted by molar-refractivity contribution is 7.15. The summed E-state index contributed by atoms with van der Waals surface area (Å²) in [5, 5.41) is 3.27. The van der Waals surface area contributed by atoms with Crippen molar-refractivity contribution in [2.24, 2.45) is 0 Å². The van der Waals surface area contributed by atoms with E-state index in [9.17, 15) is 0 Å². The van der Waals surface area contributed by atoms with Crippen LogP contribution in [0.1, 0.15) is 23.4 Å². The van der Waals surface area contributed by atoms with Crippen molar-refractivity contribution in [3.8, 4) is 10.4 Å². The van der Waals surface area contributed by atoms with Crippen molar-refractivity contribution in [1.29, 1.82) is 0 Å². The molecular weight excluding hydrogens is 214 g/mol. The Balaban J connectivity index is 2.35. The summed E-state index contributed by atoms with van der Waals surface area (Å²) < 4.78 is 0. The molecule has 1 aromatic heterocycles. The zero-order valence-corrected chi connectivity index (χ0v) is 10.8. The van der Waals surface area contributed by atoms with Crippen molar-refractivity contribution < 1.29 is 0 Å². The molecule has 1 atom stereocenters. The van der Waals surface area contributed by atoms with Gasteiger partial charge in [-0.25, -0.2) is 0 Å². The molecule has 1 aromatic carbocycles. The minimum Gasteiger partial charge on any atom is -0.313 e. The predicted octanol–water partition coefficient (Wildman–Crippen LogP) is 4.00. The van der Waals surface area contributed by atoms with Gasteiger partial charge in [-0.05, 0) is 44.2 Å². The molecule has 84 valence electrons. The van der Waals surface area contributed by atoms with E-state index in [1.807, 2.05) is 18.4 Å². The molecule has 0 amide bonds. The van der Waals surface area contributed by atoms with Crippen molar-refractivity contribution in [3.05, 3.63) is 46.8 Å². The molecule has 2 aromatic rings. The van der Waals surface area contributed by atoms with Crippen molar-refractivity contribution in [1.82, 2.24) is 5.32 Å². The van der Waals surface area contributed by atoms with Gasteiger partial charge in [-0.2, -0.15) is 0 Å². The summed E-state index contributed by atoms with van der Waals surface area (Å²) in [5.74, 6) is 0. The Kier molecular flexibility index (Phi) is 3.42. The van der Waals surface area contributed by atoms with Crippen LogP contribution in [0.5, 0.6) is 0 Å². The van der Waals surface area contributed by atoms with Gasteiger partial charge in [0.2, 0.25) is 0 Å². The Bertz CT molecular complexity index is 473. The molecule has 0 spiro atoms. The van der Waals surface area contributed by atoms with Crippen molar-refractivity contribution in [3.63, 3.8) is 0 Å². The molecule has 1 heterocycles. The lowest BCUT2D eigenvalue weighted by Gasteiger charge is -2.06. The van der Waals surface area contributed by atoms with Gasteiger partial charge in [0.1, 0.15) is 0 Å². The van der Waals surface area contributed by atoms with Crippen LogP contribution in [-0.4, -0.2) is 7.05 Å². The molecule has 1 nitrogen and oxygen atoms in total. The third kappa shape index (κ3) is 2.18. The molecule has 2 rings (SSSR count). The minimum absolute atomic E-state index is 0.433. The number of hydrogen-bond donors (Lipinski definition) is 1. The standard InChI is InChI=1S/C14H17NS/c1-10-6-4-5-7-12(10)14-9-8-13(16-14)11(2)15-3/h4-9,11,15H,1-3H3. The van der Waals surface area contributed by atoms with E-state index in [4.69, 9.17) is 0 Å². The maximum atomic E-state index is 3.27. The zero-order chi connectivity index (χ0) is 11.5. The molecule has 1 unspecified atom stereocenters. The van der Waals surface area contributed by atoms with Crippen molar-refractivity contribution in [2.45, 2.75) is 19.9 Å². The normalized spacial score (nSPS) is 12.7. The summed E-state index contributed by atoms with van der Waals surface area (Å²) in [5.41, 5.74) is 2.69. The van der Waals surface area contributed by atoms with Gasteiger partial charge in [-0.1, -0.05) is 24.3 Å². The van der Waals surface area contributed by atoms with Crippen LogP contribution in [-0.2, 0) is 0 Å². The van der Waals surface area contributed by atoms with E-state index in [2.05, 4.69) is 55.6 Å². The van der Waals surface area contributed by atoms with Gasteiger partial charge in [-0.3, -0.25) is 0 Å². The molecule has 0 radical (unpaired) electrons. The second-order valence-electron chi connectivity index (χ2n) is 4.03. The van der Waals surface area contributed by atoms with Gasteiger partial charge in [-0.15, -0.1) is 11.3 Å². The third-order valence-electron chi connectivity index (χ3n) is 2.90. The van der Waals surface area contributed by atoms with Gasteiger partial charge in [0.05, 0.1) is 0 Å². The van der Waals surface area contributed by atoms with Crippen LogP contribution in [0.15, 0.2) is 36.4 Å². The highest BCUT2D eigenvalue weighted by atomic mass is 32.1. The van der Waals surface area contributed by atoms with Gasteiger partial charge in [0.25, 0.3) is 0 Å². The summed E-state index contributed by atoms with van der Waals surface area (Å²) in [7, 11) is 2.00. The summed E-state index contributed by atoms with van der Waals surface area (Å²) in [4.78, 5) is 2.75. The van der Waals surface area contributed by atoms with Gasteiger partial charge < -0.3 is 5.32 Å². The summed E-state index contributed by atoms with van der Waals surface area (Å²) in [6.07, 6.45) is 0. The van der Waals surface area contributed by atoms with Gasteiger partial charge >= 0.3 is 0 Å². The molecule has 2 heteroatoms. The lowest BCUT2D eigenvalue weighted by atomic mass is 10.1. The first kappa shape index (κ1) is 11.4. The molecule has 0 fully saturated rings. The molecule has 0 bridgehead atoms. The Morgan fingerprint density at radius 1 is 1.12 bits per heavy atom. The molecule has 16 heavy (non-hydrogen) atoms. The van der Waals surface area contributed by atoms with Crippen LogP contribution >= 0.6 is 11.3 Å². The first-order chi connectivity index (χ1) is 7.72. The minimum atomic E-state index is 0.433. The highest BCUT2D eigenvalue weighted by Gasteiger charge is 2.08.